The topological polar surface area (TPSA) is 21.5 Å². The van der Waals surface area contributed by atoms with E-state index < -0.39 is 0 Å². The van der Waals surface area contributed by atoms with Gasteiger partial charge in [-0.3, -0.25) is 0 Å². The molecule has 86 valence electrons. The van der Waals surface area contributed by atoms with E-state index in [4.69, 9.17) is 9.47 Å². The molecule has 3 nitrogen and oxygen atoms in total. The lowest BCUT2D eigenvalue weighted by Gasteiger charge is -2.11. The van der Waals surface area contributed by atoms with Crippen LogP contribution in [0.2, 0.25) is 0 Å². The molecule has 16 heavy (non-hydrogen) atoms. The van der Waals surface area contributed by atoms with Gasteiger partial charge in [0.2, 0.25) is 12.5 Å². The number of benzene rings is 1. The third-order valence-electron chi connectivity index (χ3n) is 3.08. The fourth-order valence-corrected chi connectivity index (χ4v) is 2.36. The van der Waals surface area contributed by atoms with Crippen molar-refractivity contribution in [2.75, 3.05) is 13.8 Å². The summed E-state index contributed by atoms with van der Waals surface area (Å²) in [6, 6.07) is 4.15. The highest BCUT2D eigenvalue weighted by molar-refractivity contribution is 5.78. The molecule has 2 heterocycles. The number of hydrogen-bond acceptors (Lipinski definition) is 2. The van der Waals surface area contributed by atoms with Crippen molar-refractivity contribution in [3.63, 3.8) is 0 Å². The highest BCUT2D eigenvalue weighted by atomic mass is 127. The van der Waals surface area contributed by atoms with E-state index in [2.05, 4.69) is 43.8 Å². The van der Waals surface area contributed by atoms with Gasteiger partial charge in [0.15, 0.2) is 17.7 Å². The van der Waals surface area contributed by atoms with Crippen molar-refractivity contribution < 1.29 is 38.0 Å². The molecule has 0 saturated heterocycles. The molecule has 4 heteroatoms. The minimum absolute atomic E-state index is 0. The number of hydrogen-bond donors (Lipinski definition) is 0. The molecule has 0 N–H and O–H groups in total. The quantitative estimate of drug-likeness (QED) is 0.452. The lowest BCUT2D eigenvalue weighted by molar-refractivity contribution is -0.397. The predicted molar refractivity (Wildman–Crippen MR) is 57.5 cm³/mol. The van der Waals surface area contributed by atoms with Crippen LogP contribution < -0.4 is 33.5 Å². The molecular formula is C12H14INO2. The summed E-state index contributed by atoms with van der Waals surface area (Å²) in [5, 5.41) is 0. The van der Waals surface area contributed by atoms with Crippen molar-refractivity contribution in [1.29, 1.82) is 0 Å². The molecule has 0 saturated carbocycles. The van der Waals surface area contributed by atoms with Gasteiger partial charge in [0.05, 0.1) is 11.5 Å². The van der Waals surface area contributed by atoms with Crippen molar-refractivity contribution in [3.05, 3.63) is 17.7 Å². The van der Waals surface area contributed by atoms with E-state index in [1.165, 1.54) is 11.3 Å². The Bertz CT molecular complexity index is 480. The van der Waals surface area contributed by atoms with Crippen LogP contribution in [0.5, 0.6) is 11.5 Å². The number of fused-ring (bicyclic) bond motifs is 2. The smallest absolute Gasteiger partial charge is 0.231 e. The maximum absolute atomic E-state index is 5.40. The minimum atomic E-state index is 0. The summed E-state index contributed by atoms with van der Waals surface area (Å²) >= 11 is 0. The first-order valence-corrected chi connectivity index (χ1v) is 5.11. The predicted octanol–water partition coefficient (Wildman–Crippen LogP) is -0.945. The van der Waals surface area contributed by atoms with E-state index in [1.807, 2.05) is 0 Å². The van der Waals surface area contributed by atoms with Crippen LogP contribution in [-0.4, -0.2) is 24.6 Å². The fourth-order valence-electron chi connectivity index (χ4n) is 2.36. The number of ether oxygens (including phenoxy) is 2. The Morgan fingerprint density at radius 1 is 1.19 bits per heavy atom. The third kappa shape index (κ3) is 1.50. The zero-order valence-electron chi connectivity index (χ0n) is 9.58. The van der Waals surface area contributed by atoms with E-state index in [9.17, 15) is 0 Å². The Morgan fingerprint density at radius 2 is 1.81 bits per heavy atom. The highest BCUT2D eigenvalue weighted by Crippen LogP contribution is 2.44. The average Bonchev–Trinajstić information content (AvgIpc) is 2.68. The van der Waals surface area contributed by atoms with E-state index in [0.29, 0.717) is 6.79 Å². The van der Waals surface area contributed by atoms with Gasteiger partial charge in [-0.05, 0) is 19.9 Å². The lowest BCUT2D eigenvalue weighted by Crippen LogP contribution is -3.00. The second kappa shape index (κ2) is 3.61. The van der Waals surface area contributed by atoms with Crippen molar-refractivity contribution >= 4 is 11.9 Å². The van der Waals surface area contributed by atoms with Gasteiger partial charge in [-0.15, -0.1) is 0 Å². The van der Waals surface area contributed by atoms with Crippen LogP contribution in [0.1, 0.15) is 19.4 Å². The molecule has 0 spiro atoms. The summed E-state index contributed by atoms with van der Waals surface area (Å²) in [5.41, 5.74) is 2.59. The summed E-state index contributed by atoms with van der Waals surface area (Å²) in [6.07, 6.45) is 2.22. The summed E-state index contributed by atoms with van der Waals surface area (Å²) in [7, 11) is 2.07. The van der Waals surface area contributed by atoms with Crippen LogP contribution in [0.4, 0.5) is 5.69 Å². The molecule has 0 aromatic heterocycles. The second-order valence-electron chi connectivity index (χ2n) is 4.68. The zero-order valence-corrected chi connectivity index (χ0v) is 11.7. The van der Waals surface area contributed by atoms with Crippen LogP contribution in [0.25, 0.3) is 0 Å². The molecule has 0 unspecified atom stereocenters. The first-order chi connectivity index (χ1) is 7.08. The zero-order chi connectivity index (χ0) is 10.6. The molecule has 0 aliphatic carbocycles. The maximum atomic E-state index is 5.40. The second-order valence-corrected chi connectivity index (χ2v) is 4.68. The molecular weight excluding hydrogens is 317 g/mol. The molecule has 0 amide bonds. The van der Waals surface area contributed by atoms with Crippen molar-refractivity contribution in [2.45, 2.75) is 19.3 Å². The van der Waals surface area contributed by atoms with Crippen LogP contribution in [0.15, 0.2) is 12.1 Å². The summed E-state index contributed by atoms with van der Waals surface area (Å²) < 4.78 is 12.9. The summed E-state index contributed by atoms with van der Waals surface area (Å²) in [4.78, 5) is 0. The van der Waals surface area contributed by atoms with Crippen molar-refractivity contribution in [2.24, 2.45) is 0 Å². The van der Waals surface area contributed by atoms with Crippen molar-refractivity contribution in [3.8, 4) is 11.5 Å². The first kappa shape index (κ1) is 11.7. The SMILES string of the molecule is C[N+]1=CC(C)(C)c2cc3c(cc21)OCO3.[I-]. The third-order valence-corrected chi connectivity index (χ3v) is 3.08. The summed E-state index contributed by atoms with van der Waals surface area (Å²) in [6.45, 7) is 4.75. The Hall–Kier alpha value is -0.780. The molecule has 0 radical (unpaired) electrons. The van der Waals surface area contributed by atoms with E-state index >= 15 is 0 Å². The van der Waals surface area contributed by atoms with Crippen molar-refractivity contribution in [1.82, 2.24) is 0 Å². The Morgan fingerprint density at radius 3 is 2.50 bits per heavy atom. The van der Waals surface area contributed by atoms with Gasteiger partial charge in [0.25, 0.3) is 0 Å². The van der Waals surface area contributed by atoms with Crippen LogP contribution in [0, 0.1) is 0 Å². The number of nitrogens with zero attached hydrogens (tertiary/aromatic N) is 1. The maximum Gasteiger partial charge on any atom is 0.231 e. The average molecular weight is 331 g/mol. The van der Waals surface area contributed by atoms with E-state index in [-0.39, 0.29) is 29.4 Å². The first-order valence-electron chi connectivity index (χ1n) is 5.11. The van der Waals surface area contributed by atoms with Crippen LogP contribution in [0.3, 0.4) is 0 Å². The molecule has 2 aliphatic rings. The van der Waals surface area contributed by atoms with E-state index in [0.717, 1.165) is 11.5 Å². The number of rotatable bonds is 0. The lowest BCUT2D eigenvalue weighted by atomic mass is 9.87. The van der Waals surface area contributed by atoms with Gasteiger partial charge in [0.1, 0.15) is 7.05 Å². The van der Waals surface area contributed by atoms with E-state index in [1.54, 1.807) is 0 Å². The Kier molecular flexibility index (Phi) is 2.64. The molecule has 3 rings (SSSR count). The molecule has 0 fully saturated rings. The molecule has 2 aliphatic heterocycles. The largest absolute Gasteiger partial charge is 1.00 e. The van der Waals surface area contributed by atoms with Gasteiger partial charge in [-0.25, -0.2) is 4.58 Å². The normalized spacial score (nSPS) is 18.8. The van der Waals surface area contributed by atoms with Crippen LogP contribution >= 0.6 is 0 Å². The fraction of sp³-hybridized carbons (Fsp3) is 0.417. The van der Waals surface area contributed by atoms with Gasteiger partial charge in [0, 0.05) is 5.56 Å². The van der Waals surface area contributed by atoms with Gasteiger partial charge >= 0.3 is 0 Å². The van der Waals surface area contributed by atoms with Gasteiger partial charge in [-0.1, -0.05) is 0 Å². The summed E-state index contributed by atoms with van der Waals surface area (Å²) in [5.74, 6) is 1.72. The van der Waals surface area contributed by atoms with Gasteiger partial charge < -0.3 is 33.5 Å². The Balaban J connectivity index is 0.000000963. The van der Waals surface area contributed by atoms with Crippen LogP contribution in [-0.2, 0) is 5.41 Å². The molecule has 1 aromatic rings. The van der Waals surface area contributed by atoms with Gasteiger partial charge in [-0.2, -0.15) is 0 Å². The molecule has 1 aromatic carbocycles. The number of halogens is 1. The standard InChI is InChI=1S/C12H14NO2.HI/c1-12(2)6-13(3)9-5-11-10(4-8(9)12)14-7-15-11;/h4-6H,7H2,1-3H3;1H/q+1;/p-1. The molecule has 0 atom stereocenters. The Labute approximate surface area is 112 Å². The molecule has 0 bridgehead atoms. The monoisotopic (exact) mass is 331 g/mol. The minimum Gasteiger partial charge on any atom is -1.00 e. The highest BCUT2D eigenvalue weighted by Gasteiger charge is 2.37.